The highest BCUT2D eigenvalue weighted by molar-refractivity contribution is 6.00. The first-order valence-corrected chi connectivity index (χ1v) is 10.4. The molecule has 32 heavy (non-hydrogen) atoms. The third kappa shape index (κ3) is 5.51. The molecule has 1 aliphatic heterocycles. The molecular formula is C24H26N2O6. The molecule has 1 fully saturated rings. The monoisotopic (exact) mass is 438 g/mol. The van der Waals surface area contributed by atoms with E-state index >= 15 is 0 Å². The highest BCUT2D eigenvalue weighted by Gasteiger charge is 2.36. The quantitative estimate of drug-likeness (QED) is 0.667. The third-order valence-corrected chi connectivity index (χ3v) is 5.13. The normalized spacial score (nSPS) is 15.4. The van der Waals surface area contributed by atoms with Crippen LogP contribution in [0.5, 0.6) is 0 Å². The van der Waals surface area contributed by atoms with E-state index in [0.29, 0.717) is 11.3 Å². The van der Waals surface area contributed by atoms with Gasteiger partial charge in [-0.3, -0.25) is 14.4 Å². The van der Waals surface area contributed by atoms with Gasteiger partial charge in [-0.2, -0.15) is 0 Å². The van der Waals surface area contributed by atoms with Crippen molar-refractivity contribution in [1.29, 1.82) is 0 Å². The summed E-state index contributed by atoms with van der Waals surface area (Å²) in [6.07, 6.45) is 0.0447. The summed E-state index contributed by atoms with van der Waals surface area (Å²) in [4.78, 5) is 50.2. The minimum atomic E-state index is -0.625. The molecule has 0 saturated carbocycles. The van der Waals surface area contributed by atoms with Crippen molar-refractivity contribution in [2.45, 2.75) is 27.2 Å². The molecule has 0 radical (unpaired) electrons. The fourth-order valence-corrected chi connectivity index (χ4v) is 3.56. The lowest BCUT2D eigenvalue weighted by molar-refractivity contribution is -0.151. The summed E-state index contributed by atoms with van der Waals surface area (Å²) in [5, 5.41) is 2.60. The first-order chi connectivity index (χ1) is 15.3. The van der Waals surface area contributed by atoms with Crippen molar-refractivity contribution < 1.29 is 28.7 Å². The van der Waals surface area contributed by atoms with E-state index < -0.39 is 30.4 Å². The van der Waals surface area contributed by atoms with Crippen LogP contribution in [0.3, 0.4) is 0 Å². The van der Waals surface area contributed by atoms with Crippen LogP contribution < -0.4 is 10.2 Å². The number of amides is 2. The Hall–Kier alpha value is -3.68. The lowest BCUT2D eigenvalue weighted by atomic mass is 10.1. The first-order valence-electron chi connectivity index (χ1n) is 10.4. The minimum Gasteiger partial charge on any atom is -0.462 e. The molecule has 1 atom stereocenters. The number of esters is 2. The van der Waals surface area contributed by atoms with Crippen molar-refractivity contribution in [3.8, 4) is 0 Å². The molecule has 2 aromatic rings. The summed E-state index contributed by atoms with van der Waals surface area (Å²) in [6.45, 7) is 5.65. The Bertz CT molecular complexity index is 1030. The minimum absolute atomic E-state index is 0.0447. The number of aryl methyl sites for hydroxylation is 2. The zero-order valence-electron chi connectivity index (χ0n) is 18.3. The number of hydrogen-bond donors (Lipinski definition) is 1. The highest BCUT2D eigenvalue weighted by Crippen LogP contribution is 2.29. The van der Waals surface area contributed by atoms with Gasteiger partial charge >= 0.3 is 11.9 Å². The molecule has 1 N–H and O–H groups in total. The molecule has 8 heteroatoms. The maximum atomic E-state index is 12.4. The number of hydrogen-bond acceptors (Lipinski definition) is 6. The molecule has 1 unspecified atom stereocenters. The van der Waals surface area contributed by atoms with Crippen molar-refractivity contribution in [3.63, 3.8) is 0 Å². The van der Waals surface area contributed by atoms with E-state index in [1.165, 1.54) is 12.1 Å². The maximum Gasteiger partial charge on any atom is 0.338 e. The van der Waals surface area contributed by atoms with E-state index in [2.05, 4.69) is 5.32 Å². The molecule has 0 spiro atoms. The highest BCUT2D eigenvalue weighted by atomic mass is 16.5. The zero-order valence-corrected chi connectivity index (χ0v) is 18.3. The lowest BCUT2D eigenvalue weighted by Gasteiger charge is -2.19. The average molecular weight is 438 g/mol. The van der Waals surface area contributed by atoms with Crippen LogP contribution >= 0.6 is 0 Å². The summed E-state index contributed by atoms with van der Waals surface area (Å²) in [6, 6.07) is 12.0. The van der Waals surface area contributed by atoms with Crippen LogP contribution in [0.2, 0.25) is 0 Å². The zero-order chi connectivity index (χ0) is 23.3. The molecular weight excluding hydrogens is 412 g/mol. The van der Waals surface area contributed by atoms with E-state index in [4.69, 9.17) is 9.47 Å². The summed E-state index contributed by atoms with van der Waals surface area (Å²) in [5.74, 6) is -2.32. The van der Waals surface area contributed by atoms with Gasteiger partial charge in [-0.05, 0) is 56.7 Å². The van der Waals surface area contributed by atoms with Crippen molar-refractivity contribution in [2.24, 2.45) is 5.92 Å². The fourth-order valence-electron chi connectivity index (χ4n) is 3.56. The number of ether oxygens (including phenoxy) is 2. The number of carbonyl (C=O) groups is 4. The molecule has 0 aliphatic carbocycles. The molecule has 3 rings (SSSR count). The number of nitrogens with zero attached hydrogens (tertiary/aromatic N) is 1. The predicted octanol–water partition coefficient (Wildman–Crippen LogP) is 3.01. The van der Waals surface area contributed by atoms with E-state index in [9.17, 15) is 19.2 Å². The lowest BCUT2D eigenvalue weighted by Crippen LogP contribution is -2.28. The number of benzene rings is 2. The van der Waals surface area contributed by atoms with Gasteiger partial charge in [0.1, 0.15) is 0 Å². The van der Waals surface area contributed by atoms with Crippen LogP contribution in [-0.4, -0.2) is 43.5 Å². The molecule has 1 heterocycles. The molecule has 1 saturated heterocycles. The molecule has 1 aliphatic rings. The Labute approximate surface area is 186 Å². The summed E-state index contributed by atoms with van der Waals surface area (Å²) in [7, 11) is 0. The second-order valence-electron chi connectivity index (χ2n) is 7.65. The van der Waals surface area contributed by atoms with Gasteiger partial charge in [0, 0.05) is 24.3 Å². The van der Waals surface area contributed by atoms with Crippen LogP contribution in [-0.2, 0) is 23.9 Å². The van der Waals surface area contributed by atoms with Crippen molar-refractivity contribution in [2.75, 3.05) is 30.0 Å². The van der Waals surface area contributed by atoms with Gasteiger partial charge in [-0.15, -0.1) is 0 Å². The SMILES string of the molecule is CCOC(=O)c1ccc(NC(=O)COC(=O)C2CC(=O)N(c3ccc(C)cc3C)C2)cc1. The largest absolute Gasteiger partial charge is 0.462 e. The van der Waals surface area contributed by atoms with Gasteiger partial charge in [-0.1, -0.05) is 17.7 Å². The van der Waals surface area contributed by atoms with Gasteiger partial charge in [0.15, 0.2) is 6.61 Å². The van der Waals surface area contributed by atoms with Crippen LogP contribution in [0.1, 0.15) is 34.8 Å². The third-order valence-electron chi connectivity index (χ3n) is 5.13. The Morgan fingerprint density at radius 3 is 2.44 bits per heavy atom. The standard InChI is InChI=1S/C24H26N2O6/c1-4-31-23(29)17-6-8-19(9-7-17)25-21(27)14-32-24(30)18-12-22(28)26(13-18)20-10-5-15(2)11-16(20)3/h5-11,18H,4,12-14H2,1-3H3,(H,25,27). The topological polar surface area (TPSA) is 102 Å². The van der Waals surface area contributed by atoms with Crippen molar-refractivity contribution in [3.05, 3.63) is 59.2 Å². The maximum absolute atomic E-state index is 12.4. The van der Waals surface area contributed by atoms with E-state index in [1.54, 1.807) is 24.0 Å². The second kappa shape index (κ2) is 10.1. The van der Waals surface area contributed by atoms with Gasteiger partial charge in [0.2, 0.25) is 5.91 Å². The molecule has 168 valence electrons. The second-order valence-corrected chi connectivity index (χ2v) is 7.65. The Morgan fingerprint density at radius 1 is 1.06 bits per heavy atom. The molecule has 0 aromatic heterocycles. The van der Waals surface area contributed by atoms with E-state index in [1.807, 2.05) is 32.0 Å². The smallest absolute Gasteiger partial charge is 0.338 e. The Balaban J connectivity index is 1.50. The van der Waals surface area contributed by atoms with Gasteiger partial charge in [0.05, 0.1) is 18.1 Å². The Morgan fingerprint density at radius 2 is 1.78 bits per heavy atom. The molecule has 2 aromatic carbocycles. The summed E-state index contributed by atoms with van der Waals surface area (Å²) < 4.78 is 10.0. The van der Waals surface area contributed by atoms with Crippen molar-refractivity contribution >= 4 is 35.1 Å². The number of rotatable bonds is 7. The predicted molar refractivity (Wildman–Crippen MR) is 118 cm³/mol. The van der Waals surface area contributed by atoms with Crippen LogP contribution in [0.4, 0.5) is 11.4 Å². The van der Waals surface area contributed by atoms with Gasteiger partial charge < -0.3 is 19.7 Å². The summed E-state index contributed by atoms with van der Waals surface area (Å²) in [5.41, 5.74) is 3.66. The molecule has 8 nitrogen and oxygen atoms in total. The number of anilines is 2. The average Bonchev–Trinajstić information content (AvgIpc) is 3.14. The fraction of sp³-hybridized carbons (Fsp3) is 0.333. The summed E-state index contributed by atoms with van der Waals surface area (Å²) >= 11 is 0. The number of nitrogens with one attached hydrogen (secondary N) is 1. The van der Waals surface area contributed by atoms with E-state index in [-0.39, 0.29) is 25.5 Å². The van der Waals surface area contributed by atoms with Crippen LogP contribution in [0, 0.1) is 19.8 Å². The van der Waals surface area contributed by atoms with Crippen molar-refractivity contribution in [1.82, 2.24) is 0 Å². The Kier molecular flexibility index (Phi) is 7.25. The molecule has 0 bridgehead atoms. The van der Waals surface area contributed by atoms with Gasteiger partial charge in [0.25, 0.3) is 5.91 Å². The van der Waals surface area contributed by atoms with Crippen LogP contribution in [0.15, 0.2) is 42.5 Å². The molecule has 2 amide bonds. The first kappa shape index (κ1) is 23.0. The van der Waals surface area contributed by atoms with E-state index in [0.717, 1.165) is 16.8 Å². The van der Waals surface area contributed by atoms with Crippen LogP contribution in [0.25, 0.3) is 0 Å². The van der Waals surface area contributed by atoms with Gasteiger partial charge in [-0.25, -0.2) is 4.79 Å². The number of carbonyl (C=O) groups excluding carboxylic acids is 4.